The number of nitrogens with zero attached hydrogens (tertiary/aromatic N) is 1. The summed E-state index contributed by atoms with van der Waals surface area (Å²) in [6, 6.07) is 15.3. The number of carbonyl (C=O) groups is 2. The number of amides is 2. The molecule has 0 bridgehead atoms. The summed E-state index contributed by atoms with van der Waals surface area (Å²) in [4.78, 5) is 26.6. The number of benzene rings is 2. The summed E-state index contributed by atoms with van der Waals surface area (Å²) in [7, 11) is 0. The number of hydrogen-bond acceptors (Lipinski definition) is 3. The Labute approximate surface area is 183 Å². The molecule has 5 nitrogen and oxygen atoms in total. The average molecular weight is 452 g/mol. The van der Waals surface area contributed by atoms with Crippen molar-refractivity contribution in [2.45, 2.75) is 6.92 Å². The molecule has 0 fully saturated rings. The lowest BCUT2D eigenvalue weighted by molar-refractivity contribution is -0.116. The number of rotatable bonds is 6. The van der Waals surface area contributed by atoms with Gasteiger partial charge in [-0.1, -0.05) is 40.9 Å². The Kier molecular flexibility index (Phi) is 6.85. The normalized spacial score (nSPS) is 10.6. The van der Waals surface area contributed by atoms with E-state index in [1.165, 1.54) is 4.90 Å². The van der Waals surface area contributed by atoms with Gasteiger partial charge in [-0.25, -0.2) is 0 Å². The van der Waals surface area contributed by atoms with Crippen LogP contribution in [0.15, 0.2) is 59.0 Å². The van der Waals surface area contributed by atoms with Gasteiger partial charge < -0.3 is 14.6 Å². The van der Waals surface area contributed by atoms with Crippen LogP contribution in [0.25, 0.3) is 11.3 Å². The van der Waals surface area contributed by atoms with Gasteiger partial charge >= 0.3 is 0 Å². The van der Waals surface area contributed by atoms with Crippen LogP contribution in [-0.2, 0) is 4.79 Å². The van der Waals surface area contributed by atoms with E-state index in [9.17, 15) is 9.59 Å². The maximum atomic E-state index is 12.8. The summed E-state index contributed by atoms with van der Waals surface area (Å²) in [5, 5.41) is 3.89. The van der Waals surface area contributed by atoms with E-state index in [0.717, 1.165) is 5.56 Å². The lowest BCUT2D eigenvalue weighted by Crippen LogP contribution is -2.37. The summed E-state index contributed by atoms with van der Waals surface area (Å²) in [5.41, 5.74) is 1.11. The molecule has 0 spiro atoms. The van der Waals surface area contributed by atoms with E-state index in [1.54, 1.807) is 61.5 Å². The highest BCUT2D eigenvalue weighted by Gasteiger charge is 2.21. The van der Waals surface area contributed by atoms with Crippen molar-refractivity contribution in [2.75, 3.05) is 18.4 Å². The second kappa shape index (κ2) is 9.35. The molecule has 8 heteroatoms. The first kappa shape index (κ1) is 21.2. The molecule has 1 N–H and O–H groups in total. The lowest BCUT2D eigenvalue weighted by Gasteiger charge is -2.19. The number of para-hydroxylation sites is 1. The van der Waals surface area contributed by atoms with Gasteiger partial charge in [0.05, 0.1) is 15.7 Å². The van der Waals surface area contributed by atoms with Crippen molar-refractivity contribution in [3.63, 3.8) is 0 Å². The predicted molar refractivity (Wildman–Crippen MR) is 116 cm³/mol. The minimum atomic E-state index is -0.417. The van der Waals surface area contributed by atoms with E-state index < -0.39 is 11.8 Å². The fourth-order valence-corrected chi connectivity index (χ4v) is 3.29. The highest BCUT2D eigenvalue weighted by molar-refractivity contribution is 6.39. The molecule has 0 aliphatic carbocycles. The smallest absolute Gasteiger partial charge is 0.290 e. The predicted octanol–water partition coefficient (Wildman–Crippen LogP) is 6.01. The van der Waals surface area contributed by atoms with Crippen molar-refractivity contribution in [1.82, 2.24) is 4.90 Å². The minimum Gasteiger partial charge on any atom is -0.451 e. The Morgan fingerprint density at radius 3 is 2.24 bits per heavy atom. The molecule has 1 aromatic heterocycles. The Morgan fingerprint density at radius 1 is 0.966 bits per heavy atom. The molecular formula is C21H17Cl3N2O3. The third-order valence-electron chi connectivity index (χ3n) is 4.18. The molecule has 2 amide bonds. The number of hydrogen-bond donors (Lipinski definition) is 1. The SMILES string of the molecule is CCN(CC(=O)Nc1c(Cl)cccc1Cl)C(=O)c1ccc(-c2ccc(Cl)cc2)o1. The Morgan fingerprint density at radius 2 is 1.62 bits per heavy atom. The molecule has 2 aromatic carbocycles. The van der Waals surface area contributed by atoms with E-state index in [-0.39, 0.29) is 12.3 Å². The number of halogens is 3. The second-order valence-corrected chi connectivity index (χ2v) is 7.39. The average Bonchev–Trinajstić information content (AvgIpc) is 3.19. The number of carbonyl (C=O) groups excluding carboxylic acids is 2. The van der Waals surface area contributed by atoms with Crippen molar-refractivity contribution in [1.29, 1.82) is 0 Å². The molecule has 0 saturated carbocycles. The van der Waals surface area contributed by atoms with E-state index >= 15 is 0 Å². The molecule has 0 aliphatic heterocycles. The summed E-state index contributed by atoms with van der Waals surface area (Å²) in [6.45, 7) is 1.92. The van der Waals surface area contributed by atoms with Crippen molar-refractivity contribution < 1.29 is 14.0 Å². The molecule has 0 unspecified atom stereocenters. The third-order valence-corrected chi connectivity index (χ3v) is 5.06. The van der Waals surface area contributed by atoms with Crippen LogP contribution in [0.4, 0.5) is 5.69 Å². The minimum absolute atomic E-state index is 0.139. The van der Waals surface area contributed by atoms with Crippen LogP contribution in [-0.4, -0.2) is 29.8 Å². The van der Waals surface area contributed by atoms with Gasteiger partial charge in [-0.2, -0.15) is 0 Å². The fourth-order valence-electron chi connectivity index (χ4n) is 2.67. The first-order valence-corrected chi connectivity index (χ1v) is 9.91. The zero-order valence-electron chi connectivity index (χ0n) is 15.4. The van der Waals surface area contributed by atoms with E-state index in [0.29, 0.717) is 33.1 Å². The largest absolute Gasteiger partial charge is 0.451 e. The molecule has 0 saturated heterocycles. The van der Waals surface area contributed by atoms with Crippen LogP contribution in [0.5, 0.6) is 0 Å². The maximum absolute atomic E-state index is 12.8. The monoisotopic (exact) mass is 450 g/mol. The lowest BCUT2D eigenvalue weighted by atomic mass is 10.2. The zero-order chi connectivity index (χ0) is 21.0. The standard InChI is InChI=1S/C21H17Cl3N2O3/c1-2-26(12-19(27)25-20-15(23)4-3-5-16(20)24)21(28)18-11-10-17(29-18)13-6-8-14(22)9-7-13/h3-11H,2,12H2,1H3,(H,25,27). The second-order valence-electron chi connectivity index (χ2n) is 6.13. The Balaban J connectivity index is 1.70. The first-order chi connectivity index (χ1) is 13.9. The van der Waals surface area contributed by atoms with Gasteiger partial charge in [-0.3, -0.25) is 9.59 Å². The first-order valence-electron chi connectivity index (χ1n) is 8.78. The highest BCUT2D eigenvalue weighted by atomic mass is 35.5. The van der Waals surface area contributed by atoms with Gasteiger partial charge in [0.2, 0.25) is 5.91 Å². The summed E-state index contributed by atoms with van der Waals surface area (Å²) in [5.74, 6) is -0.137. The van der Waals surface area contributed by atoms with Crippen molar-refractivity contribution in [2.24, 2.45) is 0 Å². The van der Waals surface area contributed by atoms with Gasteiger partial charge in [0.1, 0.15) is 12.3 Å². The van der Waals surface area contributed by atoms with Crippen molar-refractivity contribution in [3.8, 4) is 11.3 Å². The summed E-state index contributed by atoms with van der Waals surface area (Å²) in [6.07, 6.45) is 0. The van der Waals surface area contributed by atoms with E-state index in [4.69, 9.17) is 39.2 Å². The van der Waals surface area contributed by atoms with Crippen LogP contribution in [0, 0.1) is 0 Å². The molecule has 29 heavy (non-hydrogen) atoms. The number of likely N-dealkylation sites (N-methyl/N-ethyl adjacent to an activating group) is 1. The van der Waals surface area contributed by atoms with Crippen LogP contribution >= 0.6 is 34.8 Å². The van der Waals surface area contributed by atoms with Gasteiger partial charge in [0.25, 0.3) is 5.91 Å². The van der Waals surface area contributed by atoms with Gasteiger partial charge in [-0.15, -0.1) is 0 Å². The Bertz CT molecular complexity index is 1010. The topological polar surface area (TPSA) is 62.6 Å². The number of anilines is 1. The fraction of sp³-hybridized carbons (Fsp3) is 0.143. The molecule has 3 rings (SSSR count). The summed E-state index contributed by atoms with van der Waals surface area (Å²) >= 11 is 18.0. The quantitative estimate of drug-likeness (QED) is 0.499. The van der Waals surface area contributed by atoms with Gasteiger partial charge in [-0.05, 0) is 55.5 Å². The van der Waals surface area contributed by atoms with Crippen LogP contribution in [0.1, 0.15) is 17.5 Å². The number of nitrogens with one attached hydrogen (secondary N) is 1. The highest BCUT2D eigenvalue weighted by Crippen LogP contribution is 2.30. The third kappa shape index (κ3) is 5.12. The van der Waals surface area contributed by atoms with E-state index in [2.05, 4.69) is 5.32 Å². The van der Waals surface area contributed by atoms with Crippen LogP contribution in [0.3, 0.4) is 0 Å². The molecule has 0 radical (unpaired) electrons. The molecule has 150 valence electrons. The van der Waals surface area contributed by atoms with Crippen LogP contribution in [0.2, 0.25) is 15.1 Å². The molecular weight excluding hydrogens is 435 g/mol. The zero-order valence-corrected chi connectivity index (χ0v) is 17.7. The maximum Gasteiger partial charge on any atom is 0.290 e. The van der Waals surface area contributed by atoms with Crippen LogP contribution < -0.4 is 5.32 Å². The Hall–Kier alpha value is -2.47. The van der Waals surface area contributed by atoms with Gasteiger partial charge in [0.15, 0.2) is 5.76 Å². The molecule has 0 atom stereocenters. The molecule has 0 aliphatic rings. The van der Waals surface area contributed by atoms with Crippen molar-refractivity contribution >= 4 is 52.3 Å². The van der Waals surface area contributed by atoms with Crippen molar-refractivity contribution in [3.05, 3.63) is 75.4 Å². The van der Waals surface area contributed by atoms with Gasteiger partial charge in [0, 0.05) is 17.1 Å². The summed E-state index contributed by atoms with van der Waals surface area (Å²) < 4.78 is 5.68. The molecule has 3 aromatic rings. The van der Waals surface area contributed by atoms with E-state index in [1.807, 2.05) is 0 Å². The molecule has 1 heterocycles. The number of furan rings is 1.